The first kappa shape index (κ1) is 12.4. The van der Waals surface area contributed by atoms with Crippen LogP contribution in [0.3, 0.4) is 0 Å². The molecule has 2 N–H and O–H groups in total. The minimum Gasteiger partial charge on any atom is -0.346 e. The van der Waals surface area contributed by atoms with E-state index in [1.54, 1.807) is 4.90 Å². The van der Waals surface area contributed by atoms with E-state index >= 15 is 0 Å². The summed E-state index contributed by atoms with van der Waals surface area (Å²) in [5, 5.41) is 6.02. The molecule has 0 unspecified atom stereocenters. The summed E-state index contributed by atoms with van der Waals surface area (Å²) in [4.78, 5) is 13.1. The van der Waals surface area contributed by atoms with Gasteiger partial charge in [-0.2, -0.15) is 0 Å². The Balaban J connectivity index is 3.45. The maximum absolute atomic E-state index is 11.4. The maximum Gasteiger partial charge on any atom is 0.223 e. The van der Waals surface area contributed by atoms with Crippen molar-refractivity contribution in [3.05, 3.63) is 0 Å². The number of nitrogens with zero attached hydrogens (tertiary/aromatic N) is 1. The predicted molar refractivity (Wildman–Crippen MR) is 54.7 cm³/mol. The Morgan fingerprint density at radius 3 is 2.38 bits per heavy atom. The van der Waals surface area contributed by atoms with Crippen molar-refractivity contribution < 1.29 is 4.79 Å². The molecule has 0 radical (unpaired) electrons. The second kappa shape index (κ2) is 8.01. The number of hydrogen-bond acceptors (Lipinski definition) is 3. The molecule has 0 aliphatic carbocycles. The van der Waals surface area contributed by atoms with Crippen molar-refractivity contribution in [3.8, 4) is 0 Å². The molecule has 0 atom stereocenters. The van der Waals surface area contributed by atoms with E-state index in [9.17, 15) is 4.79 Å². The lowest BCUT2D eigenvalue weighted by atomic mass is 10.3. The standard InChI is InChI=1S/C9H21N3O/c1-10-6-4-8-12(3)9(13)5-7-11-2/h10-11H,4-8H2,1-3H3. The molecular formula is C9H21N3O. The summed E-state index contributed by atoms with van der Waals surface area (Å²) >= 11 is 0. The number of amides is 1. The molecule has 0 bridgehead atoms. The Labute approximate surface area is 80.7 Å². The second-order valence-corrected chi connectivity index (χ2v) is 3.13. The molecule has 0 aliphatic rings. The van der Waals surface area contributed by atoms with E-state index in [1.807, 2.05) is 21.1 Å². The van der Waals surface area contributed by atoms with E-state index in [4.69, 9.17) is 0 Å². The van der Waals surface area contributed by atoms with Crippen LogP contribution in [0.1, 0.15) is 12.8 Å². The minimum absolute atomic E-state index is 0.213. The molecule has 0 rings (SSSR count). The third-order valence-electron chi connectivity index (χ3n) is 1.93. The molecule has 0 aromatic carbocycles. The van der Waals surface area contributed by atoms with Crippen LogP contribution in [0.25, 0.3) is 0 Å². The van der Waals surface area contributed by atoms with Crippen LogP contribution in [0.5, 0.6) is 0 Å². The average Bonchev–Trinajstić information content (AvgIpc) is 2.14. The zero-order chi connectivity index (χ0) is 10.1. The molecule has 0 heterocycles. The van der Waals surface area contributed by atoms with Crippen molar-refractivity contribution in [2.45, 2.75) is 12.8 Å². The third kappa shape index (κ3) is 6.54. The van der Waals surface area contributed by atoms with E-state index in [1.165, 1.54) is 0 Å². The van der Waals surface area contributed by atoms with E-state index in [0.29, 0.717) is 6.42 Å². The smallest absolute Gasteiger partial charge is 0.223 e. The zero-order valence-electron chi connectivity index (χ0n) is 8.89. The van der Waals surface area contributed by atoms with Gasteiger partial charge in [0, 0.05) is 26.6 Å². The minimum atomic E-state index is 0.213. The summed E-state index contributed by atoms with van der Waals surface area (Å²) in [5.74, 6) is 0.213. The third-order valence-corrected chi connectivity index (χ3v) is 1.93. The van der Waals surface area contributed by atoms with E-state index in [-0.39, 0.29) is 5.91 Å². The second-order valence-electron chi connectivity index (χ2n) is 3.13. The van der Waals surface area contributed by atoms with Gasteiger partial charge < -0.3 is 15.5 Å². The average molecular weight is 187 g/mol. The quantitative estimate of drug-likeness (QED) is 0.536. The van der Waals surface area contributed by atoms with Gasteiger partial charge in [-0.15, -0.1) is 0 Å². The zero-order valence-corrected chi connectivity index (χ0v) is 8.89. The molecule has 0 aromatic rings. The number of rotatable bonds is 7. The van der Waals surface area contributed by atoms with E-state index < -0.39 is 0 Å². The highest BCUT2D eigenvalue weighted by Gasteiger charge is 2.06. The van der Waals surface area contributed by atoms with Gasteiger partial charge in [0.2, 0.25) is 5.91 Å². The number of carbonyl (C=O) groups excluding carboxylic acids is 1. The van der Waals surface area contributed by atoms with Gasteiger partial charge in [0.05, 0.1) is 0 Å². The predicted octanol–water partition coefficient (Wildman–Crippen LogP) is -0.336. The molecule has 0 saturated carbocycles. The monoisotopic (exact) mass is 187 g/mol. The van der Waals surface area contributed by atoms with Crippen LogP contribution in [0.4, 0.5) is 0 Å². The van der Waals surface area contributed by atoms with Gasteiger partial charge in [-0.25, -0.2) is 0 Å². The molecule has 4 heteroatoms. The highest BCUT2D eigenvalue weighted by Crippen LogP contribution is 1.91. The fraction of sp³-hybridized carbons (Fsp3) is 0.889. The highest BCUT2D eigenvalue weighted by atomic mass is 16.2. The van der Waals surface area contributed by atoms with Crippen LogP contribution in [0.15, 0.2) is 0 Å². The molecule has 0 fully saturated rings. The Morgan fingerprint density at radius 2 is 1.85 bits per heavy atom. The Kier molecular flexibility index (Phi) is 7.63. The summed E-state index contributed by atoms with van der Waals surface area (Å²) in [7, 11) is 5.63. The summed E-state index contributed by atoms with van der Waals surface area (Å²) in [6, 6.07) is 0. The number of hydrogen-bond donors (Lipinski definition) is 2. The number of nitrogens with one attached hydrogen (secondary N) is 2. The van der Waals surface area contributed by atoms with Gasteiger partial charge in [-0.1, -0.05) is 0 Å². The van der Waals surface area contributed by atoms with Crippen molar-refractivity contribution in [2.75, 3.05) is 40.8 Å². The van der Waals surface area contributed by atoms with E-state index in [0.717, 1.165) is 26.1 Å². The first-order valence-electron chi connectivity index (χ1n) is 4.75. The highest BCUT2D eigenvalue weighted by molar-refractivity contribution is 5.75. The molecular weight excluding hydrogens is 166 g/mol. The summed E-state index contributed by atoms with van der Waals surface area (Å²) in [5.41, 5.74) is 0. The van der Waals surface area contributed by atoms with Gasteiger partial charge in [-0.05, 0) is 27.1 Å². The fourth-order valence-corrected chi connectivity index (χ4v) is 1.04. The fourth-order valence-electron chi connectivity index (χ4n) is 1.04. The first-order valence-corrected chi connectivity index (χ1v) is 4.75. The van der Waals surface area contributed by atoms with Gasteiger partial charge in [0.15, 0.2) is 0 Å². The molecule has 0 saturated heterocycles. The van der Waals surface area contributed by atoms with Crippen LogP contribution < -0.4 is 10.6 Å². The van der Waals surface area contributed by atoms with Gasteiger partial charge in [0.25, 0.3) is 0 Å². The van der Waals surface area contributed by atoms with Gasteiger partial charge >= 0.3 is 0 Å². The van der Waals surface area contributed by atoms with Crippen LogP contribution in [0, 0.1) is 0 Å². The van der Waals surface area contributed by atoms with Crippen molar-refractivity contribution >= 4 is 5.91 Å². The number of carbonyl (C=O) groups is 1. The van der Waals surface area contributed by atoms with Crippen LogP contribution >= 0.6 is 0 Å². The van der Waals surface area contributed by atoms with Crippen molar-refractivity contribution in [2.24, 2.45) is 0 Å². The van der Waals surface area contributed by atoms with Gasteiger partial charge in [0.1, 0.15) is 0 Å². The largest absolute Gasteiger partial charge is 0.346 e. The van der Waals surface area contributed by atoms with Crippen LogP contribution in [0.2, 0.25) is 0 Å². The summed E-state index contributed by atoms with van der Waals surface area (Å²) < 4.78 is 0. The molecule has 4 nitrogen and oxygen atoms in total. The van der Waals surface area contributed by atoms with Crippen LogP contribution in [-0.2, 0) is 4.79 Å². The SMILES string of the molecule is CNCCCN(C)C(=O)CCNC. The molecule has 0 spiro atoms. The summed E-state index contributed by atoms with van der Waals surface area (Å²) in [6.07, 6.45) is 1.60. The lowest BCUT2D eigenvalue weighted by molar-refractivity contribution is -0.129. The van der Waals surface area contributed by atoms with Gasteiger partial charge in [-0.3, -0.25) is 4.79 Å². The van der Waals surface area contributed by atoms with Crippen molar-refractivity contribution in [1.82, 2.24) is 15.5 Å². The maximum atomic E-state index is 11.4. The van der Waals surface area contributed by atoms with Crippen molar-refractivity contribution in [1.29, 1.82) is 0 Å². The topological polar surface area (TPSA) is 44.4 Å². The Morgan fingerprint density at radius 1 is 1.23 bits per heavy atom. The lowest BCUT2D eigenvalue weighted by Crippen LogP contribution is -2.31. The molecule has 13 heavy (non-hydrogen) atoms. The van der Waals surface area contributed by atoms with Crippen LogP contribution in [-0.4, -0.2) is 51.6 Å². The first-order chi connectivity index (χ1) is 6.22. The molecule has 0 aliphatic heterocycles. The normalized spacial score (nSPS) is 10.1. The lowest BCUT2D eigenvalue weighted by Gasteiger charge is -2.16. The molecule has 1 amide bonds. The van der Waals surface area contributed by atoms with E-state index in [2.05, 4.69) is 10.6 Å². The van der Waals surface area contributed by atoms with Crippen molar-refractivity contribution in [3.63, 3.8) is 0 Å². The Bertz CT molecular complexity index is 139. The Hall–Kier alpha value is -0.610. The molecule has 0 aromatic heterocycles. The molecule has 78 valence electrons. The summed E-state index contributed by atoms with van der Waals surface area (Å²) in [6.45, 7) is 2.56.